The quantitative estimate of drug-likeness (QED) is 0.0230. The number of rotatable bonds is 39. The molecule has 0 aromatic rings. The zero-order chi connectivity index (χ0) is 50.6. The number of ether oxygens (including phenoxy) is 2. The zero-order valence-corrected chi connectivity index (χ0v) is 43.8. The van der Waals surface area contributed by atoms with Crippen molar-refractivity contribution in [2.45, 2.75) is 264 Å². The van der Waals surface area contributed by atoms with Gasteiger partial charge in [-0.05, 0) is 71.6 Å². The Hall–Kier alpha value is -3.27. The van der Waals surface area contributed by atoms with Crippen molar-refractivity contribution < 1.29 is 48.8 Å². The van der Waals surface area contributed by atoms with Gasteiger partial charge >= 0.3 is 6.09 Å². The van der Waals surface area contributed by atoms with Crippen LogP contribution < -0.4 is 21.3 Å². The summed E-state index contributed by atoms with van der Waals surface area (Å²) in [5.41, 5.74) is -0.755. The highest BCUT2D eigenvalue weighted by Crippen LogP contribution is 2.26. The summed E-state index contributed by atoms with van der Waals surface area (Å²) in [4.78, 5) is 67.3. The summed E-state index contributed by atoms with van der Waals surface area (Å²) >= 11 is 0. The minimum atomic E-state index is -1.61. The van der Waals surface area contributed by atoms with E-state index >= 15 is 0 Å². The number of carbonyl (C=O) groups is 5. The first-order valence-electron chi connectivity index (χ1n) is 26.9. The molecular formula is C53H99N5O10. The molecule has 0 radical (unpaired) electrons. The molecule has 7 N–H and O–H groups in total. The lowest BCUT2D eigenvalue weighted by Gasteiger charge is -2.47. The Labute approximate surface area is 411 Å². The van der Waals surface area contributed by atoms with Crippen molar-refractivity contribution in [3.8, 4) is 0 Å². The number of nitrogens with zero attached hydrogens (tertiary/aromatic N) is 1. The lowest BCUT2D eigenvalue weighted by Crippen LogP contribution is -2.70. The van der Waals surface area contributed by atoms with Crippen LogP contribution >= 0.6 is 0 Å². The van der Waals surface area contributed by atoms with Crippen molar-refractivity contribution in [1.82, 2.24) is 26.2 Å². The summed E-state index contributed by atoms with van der Waals surface area (Å²) in [6.45, 7) is 12.1. The molecule has 15 heteroatoms. The number of aliphatic hydroxyl groups excluding tert-OH is 3. The van der Waals surface area contributed by atoms with Crippen molar-refractivity contribution in [2.24, 2.45) is 5.92 Å². The second kappa shape index (κ2) is 38.5. The Morgan fingerprint density at radius 1 is 0.662 bits per heavy atom. The number of alkyl carbamates (subject to hydrolysis) is 1. The molecule has 1 fully saturated rings. The van der Waals surface area contributed by atoms with Gasteiger partial charge in [0, 0.05) is 13.0 Å². The van der Waals surface area contributed by atoms with Crippen molar-refractivity contribution in [1.29, 1.82) is 0 Å². The van der Waals surface area contributed by atoms with Gasteiger partial charge in [-0.2, -0.15) is 0 Å². The van der Waals surface area contributed by atoms with Crippen LogP contribution in [0.15, 0.2) is 12.2 Å². The minimum absolute atomic E-state index is 0.0680. The van der Waals surface area contributed by atoms with Gasteiger partial charge in [-0.15, -0.1) is 0 Å². The number of unbranched alkanes of at least 4 members (excludes halogenated alkanes) is 22. The maximum absolute atomic E-state index is 14.2. The van der Waals surface area contributed by atoms with E-state index < -0.39 is 85.7 Å². The van der Waals surface area contributed by atoms with Crippen molar-refractivity contribution >= 4 is 29.7 Å². The van der Waals surface area contributed by atoms with Gasteiger partial charge in [0.25, 0.3) is 0 Å². The highest BCUT2D eigenvalue weighted by molar-refractivity contribution is 5.91. The molecule has 0 aliphatic carbocycles. The van der Waals surface area contributed by atoms with E-state index in [0.29, 0.717) is 19.4 Å². The molecule has 0 spiro atoms. The van der Waals surface area contributed by atoms with Crippen LogP contribution in [0.1, 0.15) is 222 Å². The van der Waals surface area contributed by atoms with E-state index in [0.717, 1.165) is 57.8 Å². The second-order valence-electron chi connectivity index (χ2n) is 20.5. The number of nitrogens with one attached hydrogen (secondary N) is 4. The Bertz CT molecular complexity index is 1390. The summed E-state index contributed by atoms with van der Waals surface area (Å²) in [6, 6.07) is -2.41. The predicted octanol–water partition coefficient (Wildman–Crippen LogP) is 8.65. The first-order valence-corrected chi connectivity index (χ1v) is 26.9. The molecule has 1 aliphatic rings. The van der Waals surface area contributed by atoms with E-state index in [-0.39, 0.29) is 24.7 Å². The number of hydrogen-bond donors (Lipinski definition) is 7. The smallest absolute Gasteiger partial charge is 0.408 e. The van der Waals surface area contributed by atoms with E-state index in [1.807, 2.05) is 13.8 Å². The molecule has 0 aromatic carbocycles. The Kier molecular flexibility index (Phi) is 35.5. The Balaban J connectivity index is 3.03. The molecule has 0 saturated carbocycles. The van der Waals surface area contributed by atoms with Gasteiger partial charge < -0.3 is 51.0 Å². The van der Waals surface area contributed by atoms with Gasteiger partial charge in [-0.25, -0.2) is 4.79 Å². The van der Waals surface area contributed by atoms with Crippen LogP contribution in [0, 0.1) is 5.92 Å². The lowest BCUT2D eigenvalue weighted by atomic mass is 9.94. The zero-order valence-electron chi connectivity index (χ0n) is 43.8. The van der Waals surface area contributed by atoms with Gasteiger partial charge in [0.05, 0.1) is 13.2 Å². The fourth-order valence-corrected chi connectivity index (χ4v) is 8.45. The highest BCUT2D eigenvalue weighted by atomic mass is 16.6. The molecule has 1 saturated heterocycles. The molecule has 0 bridgehead atoms. The van der Waals surface area contributed by atoms with Crippen LogP contribution in [0.3, 0.4) is 0 Å². The number of carbonyl (C=O) groups excluding carboxylic acids is 5. The largest absolute Gasteiger partial charge is 0.444 e. The Morgan fingerprint density at radius 2 is 1.15 bits per heavy atom. The van der Waals surface area contributed by atoms with Crippen molar-refractivity contribution in [3.63, 3.8) is 0 Å². The minimum Gasteiger partial charge on any atom is -0.444 e. The fraction of sp³-hybridized carbons (Fsp3) is 0.868. The molecule has 6 atom stereocenters. The van der Waals surface area contributed by atoms with E-state index in [4.69, 9.17) is 9.47 Å². The maximum atomic E-state index is 14.2. The van der Waals surface area contributed by atoms with Crippen LogP contribution in [-0.2, 0) is 28.7 Å². The first kappa shape index (κ1) is 62.7. The molecule has 15 nitrogen and oxygen atoms in total. The molecule has 0 unspecified atom stereocenters. The summed E-state index contributed by atoms with van der Waals surface area (Å²) < 4.78 is 11.4. The lowest BCUT2D eigenvalue weighted by molar-refractivity contribution is -0.231. The average molecular weight is 966 g/mol. The molecule has 5 amide bonds. The van der Waals surface area contributed by atoms with Crippen molar-refractivity contribution in [2.75, 3.05) is 26.2 Å². The fourth-order valence-electron chi connectivity index (χ4n) is 8.45. The predicted molar refractivity (Wildman–Crippen MR) is 271 cm³/mol. The molecule has 1 rings (SSSR count). The number of aliphatic hydroxyl groups is 3. The summed E-state index contributed by atoms with van der Waals surface area (Å²) in [5.74, 6) is -2.25. The summed E-state index contributed by atoms with van der Waals surface area (Å²) in [7, 11) is 0. The molecule has 396 valence electrons. The van der Waals surface area contributed by atoms with Crippen LogP contribution in [0.5, 0.6) is 0 Å². The third kappa shape index (κ3) is 30.4. The van der Waals surface area contributed by atoms with Crippen LogP contribution in [0.2, 0.25) is 0 Å². The van der Waals surface area contributed by atoms with Gasteiger partial charge in [-0.3, -0.25) is 19.2 Å². The van der Waals surface area contributed by atoms with E-state index in [2.05, 4.69) is 47.3 Å². The van der Waals surface area contributed by atoms with Crippen LogP contribution in [-0.4, -0.2) is 118 Å². The number of amides is 5. The van der Waals surface area contributed by atoms with E-state index in [1.165, 1.54) is 89.9 Å². The normalized spacial score (nSPS) is 18.9. The third-order valence-electron chi connectivity index (χ3n) is 12.3. The van der Waals surface area contributed by atoms with Gasteiger partial charge in [0.1, 0.15) is 42.5 Å². The molecular weight excluding hydrogens is 867 g/mol. The second-order valence-corrected chi connectivity index (χ2v) is 20.5. The van der Waals surface area contributed by atoms with E-state index in [9.17, 15) is 39.3 Å². The topological polar surface area (TPSA) is 216 Å². The Morgan fingerprint density at radius 3 is 1.65 bits per heavy atom. The van der Waals surface area contributed by atoms with Crippen LogP contribution in [0.25, 0.3) is 0 Å². The molecule has 0 aromatic heterocycles. The summed E-state index contributed by atoms with van der Waals surface area (Å²) in [6.07, 6.45) is 27.1. The van der Waals surface area contributed by atoms with Crippen LogP contribution in [0.4, 0.5) is 4.79 Å². The third-order valence-corrected chi connectivity index (χ3v) is 12.3. The van der Waals surface area contributed by atoms with Crippen molar-refractivity contribution in [3.05, 3.63) is 12.2 Å². The molecule has 68 heavy (non-hydrogen) atoms. The first-order chi connectivity index (χ1) is 32.5. The van der Waals surface area contributed by atoms with Gasteiger partial charge in [0.15, 0.2) is 6.23 Å². The average Bonchev–Trinajstić information content (AvgIpc) is 3.28. The number of allylic oxidation sites excluding steroid dienone is 2. The van der Waals surface area contributed by atoms with Gasteiger partial charge in [0.2, 0.25) is 23.6 Å². The maximum Gasteiger partial charge on any atom is 0.408 e. The van der Waals surface area contributed by atoms with Gasteiger partial charge in [-0.1, -0.05) is 162 Å². The van der Waals surface area contributed by atoms with E-state index in [1.54, 1.807) is 25.7 Å². The SMILES string of the molecule is CCCCCCCC/C=C\CCCCCCCC(=O)N(CCCCCCCCCCCCCC)[C@@H]1O[C@H](CO)[C@@H](O)[C@H](O)[C@H]1NC(=O)[C@H](CC(C)C)NC(=O)CNC(=O)CNC(=O)OC(C)(C)C. The monoisotopic (exact) mass is 966 g/mol. The molecule has 1 aliphatic heterocycles. The standard InChI is InChI=1S/C53H99N5O10/c1-8-10-12-14-16-18-20-22-23-24-25-27-29-31-33-35-46(62)58(36-34-32-30-28-26-21-19-17-15-13-11-9-2)51-47(49(64)48(63)43(40-59)67-51)57-50(65)42(37-41(3)4)56-45(61)39-54-44(60)38-55-52(66)68-53(5,6)7/h22-23,41-43,47-49,51,59,63-64H,8-21,24-40H2,1-7H3,(H,54,60)(H,55,66)(H,56,61)(H,57,65)/b23-22-/t42-,43+,47+,48+,49+,51+/m0/s1. The summed E-state index contributed by atoms with van der Waals surface area (Å²) in [5, 5.41) is 43.0. The highest BCUT2D eigenvalue weighted by Gasteiger charge is 2.48. The molecule has 1 heterocycles. The number of hydrogen-bond acceptors (Lipinski definition) is 10.